The molecule has 3 heterocycles. The molecule has 0 fully saturated rings. The number of hydrogen-bond acceptors (Lipinski definition) is 7. The summed E-state index contributed by atoms with van der Waals surface area (Å²) in [5.41, 5.74) is -0.952. The van der Waals surface area contributed by atoms with Gasteiger partial charge in [-0.3, -0.25) is 0 Å². The van der Waals surface area contributed by atoms with Gasteiger partial charge in [-0.1, -0.05) is 13.8 Å². The predicted molar refractivity (Wildman–Crippen MR) is 120 cm³/mol. The fourth-order valence-electron chi connectivity index (χ4n) is 4.64. The van der Waals surface area contributed by atoms with Crippen LogP contribution in [0.2, 0.25) is 0 Å². The maximum Gasteiger partial charge on any atom is 0.434 e. The molecule has 0 aliphatic carbocycles. The van der Waals surface area contributed by atoms with Gasteiger partial charge >= 0.3 is 12.1 Å². The summed E-state index contributed by atoms with van der Waals surface area (Å²) >= 11 is 0. The smallest absolute Gasteiger partial charge is 0.434 e. The van der Waals surface area contributed by atoms with E-state index in [0.29, 0.717) is 23.6 Å². The van der Waals surface area contributed by atoms with Crippen LogP contribution in [0.5, 0.6) is 0 Å². The van der Waals surface area contributed by atoms with Crippen molar-refractivity contribution >= 4 is 32.7 Å². The molecule has 188 valence electrons. The van der Waals surface area contributed by atoms with Crippen LogP contribution in [0, 0.1) is 5.92 Å². The van der Waals surface area contributed by atoms with E-state index in [2.05, 4.69) is 9.97 Å². The summed E-state index contributed by atoms with van der Waals surface area (Å²) in [6.45, 7) is 3.79. The Morgan fingerprint density at radius 3 is 2.46 bits per heavy atom. The molecule has 4 rings (SSSR count). The monoisotopic (exact) mass is 512 g/mol. The number of sulfone groups is 1. The number of aromatic nitrogens is 3. The van der Waals surface area contributed by atoms with E-state index < -0.39 is 45.9 Å². The van der Waals surface area contributed by atoms with Crippen LogP contribution >= 0.6 is 0 Å². The van der Waals surface area contributed by atoms with Crippen LogP contribution < -0.4 is 4.90 Å². The lowest BCUT2D eigenvalue weighted by atomic mass is 9.97. The zero-order valence-electron chi connectivity index (χ0n) is 19.0. The van der Waals surface area contributed by atoms with E-state index in [4.69, 9.17) is 5.11 Å². The van der Waals surface area contributed by atoms with E-state index in [1.165, 1.54) is 6.07 Å². The van der Waals surface area contributed by atoms with E-state index in [1.807, 2.05) is 24.5 Å². The molecular weight excluding hydrogens is 489 g/mol. The maximum atomic E-state index is 13.5. The van der Waals surface area contributed by atoms with Gasteiger partial charge in [0.05, 0.1) is 17.5 Å². The molecule has 0 saturated heterocycles. The lowest BCUT2D eigenvalue weighted by molar-refractivity contribution is -0.141. The molecule has 2 N–H and O–H groups in total. The number of hydrogen-bond donors (Lipinski definition) is 2. The van der Waals surface area contributed by atoms with Gasteiger partial charge in [0.2, 0.25) is 5.95 Å². The predicted octanol–water partition coefficient (Wildman–Crippen LogP) is 3.26. The van der Waals surface area contributed by atoms with Gasteiger partial charge in [0.1, 0.15) is 5.56 Å². The van der Waals surface area contributed by atoms with Crippen LogP contribution in [-0.4, -0.2) is 51.9 Å². The Morgan fingerprint density at radius 2 is 1.91 bits per heavy atom. The van der Waals surface area contributed by atoms with Gasteiger partial charge in [-0.05, 0) is 29.7 Å². The number of rotatable bonds is 5. The molecule has 1 aromatic carbocycles. The minimum absolute atomic E-state index is 0.0133. The second kappa shape index (κ2) is 8.48. The fourth-order valence-corrected chi connectivity index (χ4v) is 5.56. The Morgan fingerprint density at radius 1 is 1.23 bits per heavy atom. The molecular formula is C22H23F3N4O5S. The van der Waals surface area contributed by atoms with Gasteiger partial charge in [-0.25, -0.2) is 23.2 Å². The molecule has 35 heavy (non-hydrogen) atoms. The Hall–Kier alpha value is -3.19. The largest absolute Gasteiger partial charge is 0.478 e. The number of aliphatic hydroxyl groups is 1. The van der Waals surface area contributed by atoms with Crippen molar-refractivity contribution in [2.75, 3.05) is 17.7 Å². The number of aromatic carboxylic acids is 1. The normalized spacial score (nSPS) is 16.7. The van der Waals surface area contributed by atoms with E-state index in [1.54, 1.807) is 11.0 Å². The third-order valence-corrected chi connectivity index (χ3v) is 7.23. The number of anilines is 1. The molecule has 0 saturated carbocycles. The molecule has 3 aromatic rings. The Kier molecular flexibility index (Phi) is 6.04. The van der Waals surface area contributed by atoms with Crippen molar-refractivity contribution in [2.24, 2.45) is 5.92 Å². The number of carboxylic acids is 1. The first-order chi connectivity index (χ1) is 16.2. The van der Waals surface area contributed by atoms with Crippen LogP contribution in [-0.2, 0) is 29.2 Å². The molecule has 0 bridgehead atoms. The van der Waals surface area contributed by atoms with E-state index >= 15 is 0 Å². The molecule has 13 heteroatoms. The Labute approximate surface area is 198 Å². The lowest BCUT2D eigenvalue weighted by Gasteiger charge is -2.39. The number of nitrogens with zero attached hydrogens (tertiary/aromatic N) is 4. The summed E-state index contributed by atoms with van der Waals surface area (Å²) in [7, 11) is -3.61. The summed E-state index contributed by atoms with van der Waals surface area (Å²) in [4.78, 5) is 20.5. The standard InChI is InChI=1S/C22H23F3N4O5S/c1-11(2)18-16-7-12-6-13(10-30)17(35(3,33)34)8-15(12)28(16)4-5-29(18)21-26-9-14(20(31)32)19(27-21)22(23,24)25/h6-9,11,18,30H,4-5,10H2,1-3H3,(H,31,32). The van der Waals surface area contributed by atoms with Crippen molar-refractivity contribution in [1.29, 1.82) is 0 Å². The molecule has 0 amide bonds. The van der Waals surface area contributed by atoms with Crippen molar-refractivity contribution in [3.05, 3.63) is 46.9 Å². The SMILES string of the molecule is CC(C)C1c2cc3cc(CO)c(S(C)(=O)=O)cc3n2CCN1c1ncc(C(=O)O)c(C(F)(F)F)n1. The van der Waals surface area contributed by atoms with E-state index in [-0.39, 0.29) is 28.9 Å². The highest BCUT2D eigenvalue weighted by Gasteiger charge is 2.40. The van der Waals surface area contributed by atoms with Crippen molar-refractivity contribution in [1.82, 2.24) is 14.5 Å². The highest BCUT2D eigenvalue weighted by molar-refractivity contribution is 7.90. The quantitative estimate of drug-likeness (QED) is 0.534. The maximum absolute atomic E-state index is 13.5. The number of halogens is 3. The number of fused-ring (bicyclic) bond motifs is 3. The number of aliphatic hydroxyl groups excluding tert-OH is 1. The Balaban J connectivity index is 1.88. The van der Waals surface area contributed by atoms with Gasteiger partial charge in [0, 0.05) is 42.1 Å². The second-order valence-corrected chi connectivity index (χ2v) is 10.8. The van der Waals surface area contributed by atoms with Crippen LogP contribution in [0.3, 0.4) is 0 Å². The molecule has 1 atom stereocenters. The van der Waals surface area contributed by atoms with Gasteiger partial charge in [0.15, 0.2) is 15.5 Å². The van der Waals surface area contributed by atoms with Crippen molar-refractivity contribution in [2.45, 2.75) is 44.1 Å². The number of alkyl halides is 3. The van der Waals surface area contributed by atoms with Crippen LogP contribution in [0.4, 0.5) is 19.1 Å². The number of benzene rings is 1. The summed E-state index contributed by atoms with van der Waals surface area (Å²) in [6, 6.07) is 4.44. The van der Waals surface area contributed by atoms with E-state index in [9.17, 15) is 31.5 Å². The molecule has 1 unspecified atom stereocenters. The van der Waals surface area contributed by atoms with Crippen LogP contribution in [0.1, 0.15) is 47.2 Å². The number of carbonyl (C=O) groups is 1. The molecule has 9 nitrogen and oxygen atoms in total. The van der Waals surface area contributed by atoms with Crippen LogP contribution in [0.15, 0.2) is 29.3 Å². The molecule has 0 radical (unpaired) electrons. The van der Waals surface area contributed by atoms with Crippen LogP contribution in [0.25, 0.3) is 10.9 Å². The minimum atomic E-state index is -4.98. The molecule has 1 aliphatic heterocycles. The van der Waals surface area contributed by atoms with Gasteiger partial charge in [0.25, 0.3) is 0 Å². The summed E-state index contributed by atoms with van der Waals surface area (Å²) in [5.74, 6) is -2.14. The Bertz CT molecular complexity index is 1430. The topological polar surface area (TPSA) is 126 Å². The molecule has 2 aromatic heterocycles. The minimum Gasteiger partial charge on any atom is -0.478 e. The molecule has 1 aliphatic rings. The molecule has 0 spiro atoms. The lowest BCUT2D eigenvalue weighted by Crippen LogP contribution is -2.41. The van der Waals surface area contributed by atoms with Gasteiger partial charge in [-0.2, -0.15) is 13.2 Å². The summed E-state index contributed by atoms with van der Waals surface area (Å²) in [6.07, 6.45) is -3.25. The summed E-state index contributed by atoms with van der Waals surface area (Å²) in [5, 5.41) is 19.5. The second-order valence-electron chi connectivity index (χ2n) is 8.79. The van der Waals surface area contributed by atoms with Gasteiger partial charge in [-0.15, -0.1) is 0 Å². The zero-order chi connectivity index (χ0) is 25.9. The van der Waals surface area contributed by atoms with Crippen molar-refractivity contribution in [3.63, 3.8) is 0 Å². The first kappa shape index (κ1) is 24.9. The number of carboxylic acid groups (broad SMARTS) is 1. The van der Waals surface area contributed by atoms with E-state index in [0.717, 1.165) is 11.9 Å². The van der Waals surface area contributed by atoms with Gasteiger partial charge < -0.3 is 19.7 Å². The average molecular weight is 513 g/mol. The fraction of sp³-hybridized carbons (Fsp3) is 0.409. The van der Waals surface area contributed by atoms with Crippen molar-refractivity contribution in [3.8, 4) is 0 Å². The van der Waals surface area contributed by atoms with Crippen molar-refractivity contribution < 1.29 is 36.6 Å². The third kappa shape index (κ3) is 4.33. The third-order valence-electron chi connectivity index (χ3n) is 6.05. The highest BCUT2D eigenvalue weighted by atomic mass is 32.2. The summed E-state index contributed by atoms with van der Waals surface area (Å²) < 4.78 is 67.1. The zero-order valence-corrected chi connectivity index (χ0v) is 19.9. The average Bonchev–Trinajstić information content (AvgIpc) is 3.13. The highest BCUT2D eigenvalue weighted by Crippen LogP contribution is 2.40. The first-order valence-electron chi connectivity index (χ1n) is 10.6. The first-order valence-corrected chi connectivity index (χ1v) is 12.5.